The molecule has 1 amide bonds. The van der Waals surface area contributed by atoms with E-state index in [-0.39, 0.29) is 5.91 Å². The minimum Gasteiger partial charge on any atom is -0.343 e. The van der Waals surface area contributed by atoms with Crippen LogP contribution in [-0.2, 0) is 11.2 Å². The summed E-state index contributed by atoms with van der Waals surface area (Å²) in [6.07, 6.45) is 2.91. The molecule has 3 rings (SSSR count). The van der Waals surface area contributed by atoms with Crippen molar-refractivity contribution in [2.45, 2.75) is 32.1 Å². The Bertz CT molecular complexity index is 631. The van der Waals surface area contributed by atoms with Gasteiger partial charge in [-0.1, -0.05) is 36.4 Å². The average Bonchev–Trinajstić information content (AvgIpc) is 2.56. The Kier molecular flexibility index (Phi) is 4.52. The van der Waals surface area contributed by atoms with Crippen LogP contribution in [0.4, 0.5) is 0 Å². The van der Waals surface area contributed by atoms with Gasteiger partial charge in [-0.3, -0.25) is 9.78 Å². The van der Waals surface area contributed by atoms with E-state index in [2.05, 4.69) is 42.5 Å². The van der Waals surface area contributed by atoms with Gasteiger partial charge in [0.1, 0.15) is 0 Å². The summed E-state index contributed by atoms with van der Waals surface area (Å²) in [5, 5.41) is 0. The molecule has 1 aromatic carbocycles. The maximum Gasteiger partial charge on any atom is 0.219 e. The van der Waals surface area contributed by atoms with Crippen LogP contribution in [0.1, 0.15) is 42.6 Å². The lowest BCUT2D eigenvalue weighted by molar-refractivity contribution is -0.129. The van der Waals surface area contributed by atoms with Crippen molar-refractivity contribution in [2.75, 3.05) is 13.1 Å². The smallest absolute Gasteiger partial charge is 0.219 e. The van der Waals surface area contributed by atoms with E-state index < -0.39 is 0 Å². The fraction of sp³-hybridized carbons (Fsp3) is 0.368. The largest absolute Gasteiger partial charge is 0.343 e. The summed E-state index contributed by atoms with van der Waals surface area (Å²) in [6, 6.07) is 16.8. The zero-order valence-corrected chi connectivity index (χ0v) is 13.0. The molecule has 1 saturated heterocycles. The molecule has 0 radical (unpaired) electrons. The summed E-state index contributed by atoms with van der Waals surface area (Å²) in [5.41, 5.74) is 3.59. The molecule has 22 heavy (non-hydrogen) atoms. The minimum atomic E-state index is 0.184. The van der Waals surface area contributed by atoms with Gasteiger partial charge in [0.15, 0.2) is 0 Å². The van der Waals surface area contributed by atoms with Gasteiger partial charge in [0.2, 0.25) is 5.91 Å². The number of benzene rings is 1. The highest BCUT2D eigenvalue weighted by Crippen LogP contribution is 2.27. The SMILES string of the molecule is CC(=O)N1CCC(c2cccc(Cc3ccccc3)n2)CC1. The molecule has 3 nitrogen and oxygen atoms in total. The number of carbonyl (C=O) groups is 1. The average molecular weight is 294 g/mol. The number of rotatable bonds is 3. The molecule has 0 spiro atoms. The van der Waals surface area contributed by atoms with Crippen LogP contribution >= 0.6 is 0 Å². The Morgan fingerprint density at radius 3 is 2.50 bits per heavy atom. The van der Waals surface area contributed by atoms with Crippen LogP contribution in [0.5, 0.6) is 0 Å². The van der Waals surface area contributed by atoms with Gasteiger partial charge in [-0.2, -0.15) is 0 Å². The molecule has 1 fully saturated rings. The summed E-state index contributed by atoms with van der Waals surface area (Å²) in [4.78, 5) is 18.2. The number of aromatic nitrogens is 1. The molecule has 0 saturated carbocycles. The number of likely N-dealkylation sites (tertiary alicyclic amines) is 1. The minimum absolute atomic E-state index is 0.184. The molecule has 1 aliphatic rings. The van der Waals surface area contributed by atoms with Gasteiger partial charge in [-0.15, -0.1) is 0 Å². The van der Waals surface area contributed by atoms with E-state index in [1.165, 1.54) is 11.3 Å². The Morgan fingerprint density at radius 1 is 1.09 bits per heavy atom. The lowest BCUT2D eigenvalue weighted by Gasteiger charge is -2.31. The molecule has 0 atom stereocenters. The van der Waals surface area contributed by atoms with E-state index in [9.17, 15) is 4.79 Å². The third kappa shape index (κ3) is 3.53. The highest BCUT2D eigenvalue weighted by atomic mass is 16.2. The van der Waals surface area contributed by atoms with E-state index in [1.807, 2.05) is 11.0 Å². The normalized spacial score (nSPS) is 15.8. The van der Waals surface area contributed by atoms with Crippen molar-refractivity contribution >= 4 is 5.91 Å². The van der Waals surface area contributed by atoms with Crippen LogP contribution in [0.15, 0.2) is 48.5 Å². The first kappa shape index (κ1) is 14.8. The topological polar surface area (TPSA) is 33.2 Å². The Morgan fingerprint density at radius 2 is 1.82 bits per heavy atom. The molecule has 0 aliphatic carbocycles. The standard InChI is InChI=1S/C19H22N2O/c1-15(22)21-12-10-17(11-13-21)19-9-5-8-18(20-19)14-16-6-3-2-4-7-16/h2-9,17H,10-14H2,1H3. The van der Waals surface area contributed by atoms with Crippen LogP contribution in [0.25, 0.3) is 0 Å². The van der Waals surface area contributed by atoms with Crippen LogP contribution in [-0.4, -0.2) is 28.9 Å². The zero-order valence-electron chi connectivity index (χ0n) is 13.0. The zero-order chi connectivity index (χ0) is 15.4. The van der Waals surface area contributed by atoms with Crippen molar-refractivity contribution in [3.05, 3.63) is 65.5 Å². The van der Waals surface area contributed by atoms with Crippen LogP contribution in [0.2, 0.25) is 0 Å². The monoisotopic (exact) mass is 294 g/mol. The fourth-order valence-corrected chi connectivity index (χ4v) is 3.12. The second kappa shape index (κ2) is 6.73. The summed E-state index contributed by atoms with van der Waals surface area (Å²) in [5.74, 6) is 0.663. The molecule has 0 unspecified atom stereocenters. The number of piperidine rings is 1. The van der Waals surface area contributed by atoms with E-state index in [4.69, 9.17) is 4.98 Å². The van der Waals surface area contributed by atoms with Crippen molar-refractivity contribution < 1.29 is 4.79 Å². The van der Waals surface area contributed by atoms with E-state index in [0.717, 1.165) is 38.0 Å². The molecule has 114 valence electrons. The highest BCUT2D eigenvalue weighted by molar-refractivity contribution is 5.73. The van der Waals surface area contributed by atoms with Gasteiger partial charge in [0.25, 0.3) is 0 Å². The molecular formula is C19H22N2O. The molecular weight excluding hydrogens is 272 g/mol. The molecule has 1 aromatic heterocycles. The molecule has 1 aliphatic heterocycles. The molecule has 3 heteroatoms. The Hall–Kier alpha value is -2.16. The molecule has 2 heterocycles. The molecule has 0 N–H and O–H groups in total. The van der Waals surface area contributed by atoms with Gasteiger partial charge in [0.05, 0.1) is 0 Å². The predicted octanol–water partition coefficient (Wildman–Crippen LogP) is 3.40. The van der Waals surface area contributed by atoms with Crippen molar-refractivity contribution in [3.8, 4) is 0 Å². The van der Waals surface area contributed by atoms with Crippen LogP contribution in [0.3, 0.4) is 0 Å². The van der Waals surface area contributed by atoms with E-state index >= 15 is 0 Å². The predicted molar refractivity (Wildman–Crippen MR) is 87.7 cm³/mol. The summed E-state index contributed by atoms with van der Waals surface area (Å²) in [7, 11) is 0. The van der Waals surface area contributed by atoms with Crippen molar-refractivity contribution in [3.63, 3.8) is 0 Å². The first-order valence-corrected chi connectivity index (χ1v) is 7.97. The summed E-state index contributed by atoms with van der Waals surface area (Å²) in [6.45, 7) is 3.36. The van der Waals surface area contributed by atoms with Gasteiger partial charge in [0, 0.05) is 43.7 Å². The van der Waals surface area contributed by atoms with Gasteiger partial charge in [-0.25, -0.2) is 0 Å². The van der Waals surface area contributed by atoms with Gasteiger partial charge >= 0.3 is 0 Å². The third-order valence-electron chi connectivity index (χ3n) is 4.41. The number of carbonyl (C=O) groups excluding carboxylic acids is 1. The number of pyridine rings is 1. The van der Waals surface area contributed by atoms with Crippen molar-refractivity contribution in [1.29, 1.82) is 0 Å². The maximum absolute atomic E-state index is 11.4. The van der Waals surface area contributed by atoms with Gasteiger partial charge in [-0.05, 0) is 30.5 Å². The van der Waals surface area contributed by atoms with E-state index in [1.54, 1.807) is 6.92 Å². The Labute approximate surface area is 132 Å². The number of nitrogens with zero attached hydrogens (tertiary/aromatic N) is 2. The first-order valence-electron chi connectivity index (χ1n) is 7.97. The second-order valence-corrected chi connectivity index (χ2v) is 6.00. The van der Waals surface area contributed by atoms with Crippen molar-refractivity contribution in [1.82, 2.24) is 9.88 Å². The number of amides is 1. The quantitative estimate of drug-likeness (QED) is 0.869. The first-order chi connectivity index (χ1) is 10.7. The van der Waals surface area contributed by atoms with E-state index in [0.29, 0.717) is 5.92 Å². The highest BCUT2D eigenvalue weighted by Gasteiger charge is 2.22. The Balaban J connectivity index is 1.68. The van der Waals surface area contributed by atoms with Crippen molar-refractivity contribution in [2.24, 2.45) is 0 Å². The fourth-order valence-electron chi connectivity index (χ4n) is 3.12. The molecule has 0 bridgehead atoms. The number of hydrogen-bond donors (Lipinski definition) is 0. The molecule has 2 aromatic rings. The lowest BCUT2D eigenvalue weighted by atomic mass is 9.92. The van der Waals surface area contributed by atoms with Crippen LogP contribution in [0, 0.1) is 0 Å². The van der Waals surface area contributed by atoms with Gasteiger partial charge < -0.3 is 4.90 Å². The maximum atomic E-state index is 11.4. The third-order valence-corrected chi connectivity index (χ3v) is 4.41. The summed E-state index contributed by atoms with van der Waals surface area (Å²) < 4.78 is 0. The summed E-state index contributed by atoms with van der Waals surface area (Å²) >= 11 is 0. The lowest BCUT2D eigenvalue weighted by Crippen LogP contribution is -2.36. The second-order valence-electron chi connectivity index (χ2n) is 6.00. The number of hydrogen-bond acceptors (Lipinski definition) is 2. The van der Waals surface area contributed by atoms with Crippen LogP contribution < -0.4 is 0 Å².